The van der Waals surface area contributed by atoms with Crippen LogP contribution in [0.2, 0.25) is 0 Å². The number of nitro groups is 2. The zero-order chi connectivity index (χ0) is 16.9. The quantitative estimate of drug-likeness (QED) is 0.376. The van der Waals surface area contributed by atoms with Crippen molar-refractivity contribution in [3.8, 4) is 0 Å². The summed E-state index contributed by atoms with van der Waals surface area (Å²) in [4.78, 5) is 20.2. The molecule has 1 aromatic heterocycles. The number of fused-ring (bicyclic) bond motifs is 3. The third-order valence-corrected chi connectivity index (χ3v) is 7.58. The normalized spacial score (nSPS) is 12.7. The fourth-order valence-electron chi connectivity index (χ4n) is 2.40. The molecule has 3 rings (SSSR count). The Hall–Kier alpha value is -2.45. The fourth-order valence-corrected chi connectivity index (χ4v) is 6.53. The molecule has 0 bridgehead atoms. The van der Waals surface area contributed by atoms with Crippen LogP contribution >= 0.6 is 0 Å². The minimum atomic E-state index is -4.54. The topological polar surface area (TPSA) is 86.3 Å². The predicted octanol–water partition coefficient (Wildman–Crippen LogP) is 4.03. The van der Waals surface area contributed by atoms with Crippen LogP contribution in [0.1, 0.15) is 0 Å². The Kier molecular flexibility index (Phi) is 3.38. The molecule has 0 N–H and O–H groups in total. The first-order chi connectivity index (χ1) is 10.7. The van der Waals surface area contributed by atoms with E-state index in [0.29, 0.717) is 0 Å². The number of rotatable bonds is 2. The first-order valence-corrected chi connectivity index (χ1v) is 8.65. The van der Waals surface area contributed by atoms with Gasteiger partial charge in [0.25, 0.3) is 0 Å². The molecule has 0 saturated heterocycles. The van der Waals surface area contributed by atoms with E-state index >= 15 is 0 Å². The molecule has 6 nitrogen and oxygen atoms in total. The van der Waals surface area contributed by atoms with Crippen LogP contribution in [0.25, 0.3) is 19.3 Å². The third-order valence-electron chi connectivity index (χ3n) is 3.31. The Morgan fingerprint density at radius 3 is 1.96 bits per heavy atom. The second kappa shape index (κ2) is 5.04. The number of benzene rings is 2. The molecule has 1 unspecified atom stereocenters. The average molecular weight is 390 g/mol. The van der Waals surface area contributed by atoms with Gasteiger partial charge in [0, 0.05) is 0 Å². The van der Waals surface area contributed by atoms with Crippen LogP contribution in [0.15, 0.2) is 36.4 Å². The van der Waals surface area contributed by atoms with Gasteiger partial charge >= 0.3 is 129 Å². The van der Waals surface area contributed by atoms with Crippen LogP contribution in [0.5, 0.6) is 0 Å². The van der Waals surface area contributed by atoms with Crippen molar-refractivity contribution in [2.45, 2.75) is 5.07 Å². The summed E-state index contributed by atoms with van der Waals surface area (Å²) in [6.45, 7) is 0. The molecule has 0 fully saturated rings. The van der Waals surface area contributed by atoms with Crippen LogP contribution in [0, 0.1) is 20.2 Å². The van der Waals surface area contributed by atoms with E-state index in [2.05, 4.69) is 0 Å². The van der Waals surface area contributed by atoms with E-state index in [0.717, 1.165) is 30.3 Å². The van der Waals surface area contributed by atoms with Crippen molar-refractivity contribution in [1.29, 1.82) is 0 Å². The van der Waals surface area contributed by atoms with Gasteiger partial charge in [-0.2, -0.15) is 0 Å². The summed E-state index contributed by atoms with van der Waals surface area (Å²) in [5.41, 5.74) is -0.744. The first-order valence-electron chi connectivity index (χ1n) is 6.08. The summed E-state index contributed by atoms with van der Waals surface area (Å²) >= 11 is -3.55. The Balaban J connectivity index is 2.49. The number of halogens is 3. The summed E-state index contributed by atoms with van der Waals surface area (Å²) in [5.74, 6) is 0. The van der Waals surface area contributed by atoms with Crippen molar-refractivity contribution in [3.05, 3.63) is 56.6 Å². The molecule has 0 spiro atoms. The van der Waals surface area contributed by atoms with Gasteiger partial charge in [-0.1, -0.05) is 0 Å². The van der Waals surface area contributed by atoms with E-state index in [-0.39, 0.29) is 25.0 Å². The average Bonchev–Trinajstić information content (AvgIpc) is 2.79. The van der Waals surface area contributed by atoms with Crippen molar-refractivity contribution in [3.63, 3.8) is 0 Å². The fraction of sp³-hybridized carbons (Fsp3) is 0.0769. The molecule has 0 aliphatic heterocycles. The van der Waals surface area contributed by atoms with E-state index in [1.54, 1.807) is 0 Å². The summed E-state index contributed by atoms with van der Waals surface area (Å²) in [7, 11) is 0. The van der Waals surface area contributed by atoms with Gasteiger partial charge in [-0.25, -0.2) is 0 Å². The van der Waals surface area contributed by atoms with Gasteiger partial charge in [0.05, 0.1) is 0 Å². The Morgan fingerprint density at radius 1 is 0.826 bits per heavy atom. The van der Waals surface area contributed by atoms with Crippen LogP contribution < -0.4 is 0 Å². The van der Waals surface area contributed by atoms with Crippen molar-refractivity contribution < 1.29 is 23.0 Å². The molecule has 2 aromatic carbocycles. The van der Waals surface area contributed by atoms with Gasteiger partial charge in [0.2, 0.25) is 0 Å². The number of nitrogens with zero attached hydrogens (tertiary/aromatic N) is 2. The van der Waals surface area contributed by atoms with Crippen molar-refractivity contribution in [2.24, 2.45) is 0 Å². The van der Waals surface area contributed by atoms with Gasteiger partial charge < -0.3 is 0 Å². The van der Waals surface area contributed by atoms with Crippen molar-refractivity contribution in [1.82, 2.24) is 0 Å². The summed E-state index contributed by atoms with van der Waals surface area (Å²) in [6.07, 6.45) is 0. The standard InChI is InChI=1S/C13H6F3N2O4Se/c14-13(15,16)23-11-4-2-7(17(19)20)5-10(11)9-3-1-8(18(21)22)6-12(9)23/h1-6H/q+1. The molecule has 1 heterocycles. The molecule has 23 heavy (non-hydrogen) atoms. The van der Waals surface area contributed by atoms with Crippen LogP contribution in [-0.2, 0) is 5.07 Å². The summed E-state index contributed by atoms with van der Waals surface area (Å²) in [6, 6.07) is 6.49. The number of hydrogen-bond acceptors (Lipinski definition) is 4. The molecule has 0 aliphatic carbocycles. The Morgan fingerprint density at radius 2 is 1.39 bits per heavy atom. The number of alkyl halides is 3. The second-order valence-corrected chi connectivity index (χ2v) is 8.73. The second-order valence-electron chi connectivity index (χ2n) is 4.63. The minimum absolute atomic E-state index is 0.0152. The number of non-ortho nitro benzene ring substituents is 2. The molecule has 118 valence electrons. The van der Waals surface area contributed by atoms with Crippen molar-refractivity contribution >= 4 is 44.1 Å². The number of hydrogen-bond donors (Lipinski definition) is 0. The summed E-state index contributed by atoms with van der Waals surface area (Å²) < 4.78 is 40.2. The van der Waals surface area contributed by atoms with Gasteiger partial charge in [-0.15, -0.1) is 0 Å². The molecular weight excluding hydrogens is 384 g/mol. The molecular formula is C13H6F3N2O4Se+. The van der Waals surface area contributed by atoms with Crippen LogP contribution in [-0.4, -0.2) is 23.3 Å². The molecule has 0 radical (unpaired) electrons. The zero-order valence-corrected chi connectivity index (χ0v) is 12.7. The van der Waals surface area contributed by atoms with E-state index < -0.39 is 34.1 Å². The van der Waals surface area contributed by atoms with E-state index in [1.165, 1.54) is 6.07 Å². The van der Waals surface area contributed by atoms with Crippen molar-refractivity contribution in [2.75, 3.05) is 0 Å². The number of nitro benzene ring substituents is 2. The predicted molar refractivity (Wildman–Crippen MR) is 77.6 cm³/mol. The molecule has 0 saturated carbocycles. The van der Waals surface area contributed by atoms with E-state index in [4.69, 9.17) is 0 Å². The van der Waals surface area contributed by atoms with Gasteiger partial charge in [0.15, 0.2) is 0 Å². The monoisotopic (exact) mass is 391 g/mol. The first kappa shape index (κ1) is 15.4. The summed E-state index contributed by atoms with van der Waals surface area (Å²) in [5, 5.41) is 17.4. The maximum atomic E-state index is 13.5. The molecule has 3 aromatic rings. The third kappa shape index (κ3) is 2.45. The molecule has 0 aliphatic rings. The molecule has 1 atom stereocenters. The SMILES string of the molecule is O=[N+]([O-])c1ccc2c(c1)c1ccc([N+](=O)[O-])cc1[se+]2C(F)(F)F. The van der Waals surface area contributed by atoms with E-state index in [9.17, 15) is 33.4 Å². The maximum absolute atomic E-state index is 13.5. The molecule has 10 heteroatoms. The Labute approximate surface area is 129 Å². The van der Waals surface area contributed by atoms with E-state index in [1.807, 2.05) is 0 Å². The van der Waals surface area contributed by atoms with Gasteiger partial charge in [-0.05, 0) is 0 Å². The van der Waals surface area contributed by atoms with Crippen LogP contribution in [0.3, 0.4) is 0 Å². The van der Waals surface area contributed by atoms with Gasteiger partial charge in [0.1, 0.15) is 0 Å². The molecule has 0 amide bonds. The van der Waals surface area contributed by atoms with Crippen LogP contribution in [0.4, 0.5) is 24.5 Å². The van der Waals surface area contributed by atoms with Gasteiger partial charge in [-0.3, -0.25) is 0 Å². The zero-order valence-electron chi connectivity index (χ0n) is 11.0. The Bertz CT molecular complexity index is 981.